The van der Waals surface area contributed by atoms with Crippen molar-refractivity contribution in [3.63, 3.8) is 0 Å². The molecule has 0 saturated heterocycles. The zero-order valence-corrected chi connectivity index (χ0v) is 12.9. The van der Waals surface area contributed by atoms with Gasteiger partial charge in [-0.05, 0) is 30.7 Å². The zero-order chi connectivity index (χ0) is 15.0. The fraction of sp³-hybridized carbons (Fsp3) is 0.200. The number of halogens is 1. The van der Waals surface area contributed by atoms with E-state index in [4.69, 9.17) is 11.6 Å². The molecule has 2 heterocycles. The van der Waals surface area contributed by atoms with Crippen LogP contribution in [0.3, 0.4) is 0 Å². The first-order valence-corrected chi connectivity index (χ1v) is 7.71. The molecular weight excluding hydrogens is 308 g/mol. The maximum atomic E-state index is 12.6. The number of carbonyl (C=O) groups is 2. The number of nitrogens with one attached hydrogen (secondary N) is 1. The third-order valence-electron chi connectivity index (χ3n) is 3.51. The Hall–Kier alpha value is -1.85. The van der Waals surface area contributed by atoms with Crippen LogP contribution in [0.5, 0.6) is 0 Å². The molecule has 21 heavy (non-hydrogen) atoms. The van der Waals surface area contributed by atoms with Gasteiger partial charge in [0.2, 0.25) is 5.91 Å². The predicted octanol–water partition coefficient (Wildman–Crippen LogP) is 3.38. The molecule has 0 aliphatic carbocycles. The minimum atomic E-state index is -0.536. The number of anilines is 1. The van der Waals surface area contributed by atoms with Gasteiger partial charge in [-0.15, -0.1) is 11.3 Å². The fourth-order valence-electron chi connectivity index (χ4n) is 2.30. The number of amides is 2. The van der Waals surface area contributed by atoms with Gasteiger partial charge < -0.3 is 10.2 Å². The molecule has 1 N–H and O–H groups in total. The smallest absolute Gasteiger partial charge is 0.264 e. The summed E-state index contributed by atoms with van der Waals surface area (Å²) in [6.07, 6.45) is 0. The normalized spacial score (nSPS) is 17.9. The van der Waals surface area contributed by atoms with Crippen LogP contribution in [0.4, 0.5) is 5.69 Å². The average molecular weight is 321 g/mol. The first-order valence-electron chi connectivity index (χ1n) is 6.51. The highest BCUT2D eigenvalue weighted by Gasteiger charge is 2.31. The molecule has 1 atom stereocenters. The quantitative estimate of drug-likeness (QED) is 0.875. The largest absolute Gasteiger partial charge is 0.324 e. The Bertz CT molecular complexity index is 713. The number of para-hydroxylation sites is 1. The molecule has 0 spiro atoms. The second kappa shape index (κ2) is 5.50. The van der Waals surface area contributed by atoms with Crippen LogP contribution >= 0.6 is 22.9 Å². The lowest BCUT2D eigenvalue weighted by Gasteiger charge is -2.25. The Kier molecular flexibility index (Phi) is 3.69. The van der Waals surface area contributed by atoms with Crippen molar-refractivity contribution in [2.45, 2.75) is 19.5 Å². The maximum Gasteiger partial charge on any atom is 0.264 e. The van der Waals surface area contributed by atoms with Crippen LogP contribution < -0.4 is 5.32 Å². The molecule has 3 rings (SSSR count). The lowest BCUT2D eigenvalue weighted by Crippen LogP contribution is -2.43. The highest BCUT2D eigenvalue weighted by atomic mass is 35.5. The molecule has 1 aliphatic rings. The molecule has 0 radical (unpaired) electrons. The molecular formula is C15H13ClN2O2S. The van der Waals surface area contributed by atoms with Gasteiger partial charge in [0.1, 0.15) is 6.04 Å². The van der Waals surface area contributed by atoms with E-state index in [0.717, 1.165) is 11.3 Å². The summed E-state index contributed by atoms with van der Waals surface area (Å²) in [5, 5.41) is 2.86. The maximum absolute atomic E-state index is 12.6. The van der Waals surface area contributed by atoms with E-state index in [0.29, 0.717) is 15.8 Å². The lowest BCUT2D eigenvalue weighted by molar-refractivity contribution is -0.119. The third kappa shape index (κ3) is 2.66. The van der Waals surface area contributed by atoms with Gasteiger partial charge >= 0.3 is 0 Å². The topological polar surface area (TPSA) is 49.4 Å². The number of nitrogens with zero attached hydrogens (tertiary/aromatic N) is 1. The monoisotopic (exact) mass is 320 g/mol. The van der Waals surface area contributed by atoms with E-state index in [1.807, 2.05) is 24.3 Å². The highest BCUT2D eigenvalue weighted by molar-refractivity contribution is 7.17. The predicted molar refractivity (Wildman–Crippen MR) is 83.7 cm³/mol. The van der Waals surface area contributed by atoms with Gasteiger partial charge in [0.05, 0.1) is 9.21 Å². The fourth-order valence-corrected chi connectivity index (χ4v) is 3.30. The summed E-state index contributed by atoms with van der Waals surface area (Å²) in [4.78, 5) is 26.9. The van der Waals surface area contributed by atoms with Crippen LogP contribution in [0.1, 0.15) is 22.2 Å². The standard InChI is InChI=1S/C15H13ClN2O2S/c1-9-14(19)17-11-5-3-2-4-10(11)8-18(9)15(20)12-6-7-13(16)21-12/h2-7,9H,8H2,1H3,(H,17,19). The average Bonchev–Trinajstić information content (AvgIpc) is 2.86. The first-order chi connectivity index (χ1) is 10.1. The van der Waals surface area contributed by atoms with Crippen LogP contribution in [0, 0.1) is 0 Å². The summed E-state index contributed by atoms with van der Waals surface area (Å²) in [5.41, 5.74) is 1.68. The Labute approximate surface area is 131 Å². The summed E-state index contributed by atoms with van der Waals surface area (Å²) < 4.78 is 0.561. The Morgan fingerprint density at radius 2 is 2.10 bits per heavy atom. The van der Waals surface area contributed by atoms with Crippen molar-refractivity contribution in [2.75, 3.05) is 5.32 Å². The summed E-state index contributed by atoms with van der Waals surface area (Å²) in [6, 6.07) is 10.4. The van der Waals surface area contributed by atoms with E-state index >= 15 is 0 Å². The minimum absolute atomic E-state index is 0.175. The number of hydrogen-bond acceptors (Lipinski definition) is 3. The number of benzene rings is 1. The Morgan fingerprint density at radius 3 is 2.81 bits per heavy atom. The van der Waals surface area contributed by atoms with Crippen LogP contribution in [0.25, 0.3) is 0 Å². The zero-order valence-electron chi connectivity index (χ0n) is 11.3. The molecule has 2 aromatic rings. The van der Waals surface area contributed by atoms with Crippen LogP contribution in [0.15, 0.2) is 36.4 Å². The van der Waals surface area contributed by atoms with Crippen molar-refractivity contribution in [3.8, 4) is 0 Å². The highest BCUT2D eigenvalue weighted by Crippen LogP contribution is 2.27. The van der Waals surface area contributed by atoms with Crippen molar-refractivity contribution in [1.82, 2.24) is 4.90 Å². The second-order valence-electron chi connectivity index (χ2n) is 4.86. The molecule has 108 valence electrons. The molecule has 0 saturated carbocycles. The van der Waals surface area contributed by atoms with Crippen LogP contribution in [-0.4, -0.2) is 22.8 Å². The van der Waals surface area contributed by atoms with Crippen molar-refractivity contribution >= 4 is 40.4 Å². The van der Waals surface area contributed by atoms with Gasteiger partial charge in [-0.3, -0.25) is 9.59 Å². The van der Waals surface area contributed by atoms with Gasteiger partial charge in [-0.1, -0.05) is 29.8 Å². The summed E-state index contributed by atoms with van der Waals surface area (Å²) in [7, 11) is 0. The summed E-state index contributed by atoms with van der Waals surface area (Å²) in [6.45, 7) is 2.12. The van der Waals surface area contributed by atoms with Crippen LogP contribution in [0.2, 0.25) is 4.34 Å². The second-order valence-corrected chi connectivity index (χ2v) is 6.57. The van der Waals surface area contributed by atoms with Gasteiger partial charge in [-0.2, -0.15) is 0 Å². The number of fused-ring (bicyclic) bond motifs is 1. The molecule has 2 amide bonds. The molecule has 1 unspecified atom stereocenters. The van der Waals surface area contributed by atoms with Gasteiger partial charge in [0.25, 0.3) is 5.91 Å². The van der Waals surface area contributed by atoms with Gasteiger partial charge in [0.15, 0.2) is 0 Å². The van der Waals surface area contributed by atoms with Crippen molar-refractivity contribution < 1.29 is 9.59 Å². The summed E-state index contributed by atoms with van der Waals surface area (Å²) >= 11 is 7.11. The lowest BCUT2D eigenvalue weighted by atomic mass is 10.1. The van der Waals surface area contributed by atoms with Crippen LogP contribution in [-0.2, 0) is 11.3 Å². The number of thiophene rings is 1. The third-order valence-corrected chi connectivity index (χ3v) is 4.73. The molecule has 1 aliphatic heterocycles. The number of rotatable bonds is 1. The Balaban J connectivity index is 1.97. The van der Waals surface area contributed by atoms with Crippen molar-refractivity contribution in [1.29, 1.82) is 0 Å². The molecule has 4 nitrogen and oxygen atoms in total. The number of hydrogen-bond donors (Lipinski definition) is 1. The molecule has 6 heteroatoms. The summed E-state index contributed by atoms with van der Waals surface area (Å²) in [5.74, 6) is -0.359. The van der Waals surface area contributed by atoms with E-state index in [9.17, 15) is 9.59 Å². The van der Waals surface area contributed by atoms with E-state index in [1.165, 1.54) is 11.3 Å². The Morgan fingerprint density at radius 1 is 1.33 bits per heavy atom. The minimum Gasteiger partial charge on any atom is -0.324 e. The molecule has 1 aromatic heterocycles. The molecule has 0 bridgehead atoms. The SMILES string of the molecule is CC1C(=O)Nc2ccccc2CN1C(=O)c1ccc(Cl)s1. The number of carbonyl (C=O) groups excluding carboxylic acids is 2. The first kappa shape index (κ1) is 14.1. The van der Waals surface area contributed by atoms with Gasteiger partial charge in [0, 0.05) is 12.2 Å². The van der Waals surface area contributed by atoms with E-state index in [1.54, 1.807) is 24.0 Å². The van der Waals surface area contributed by atoms with E-state index in [2.05, 4.69) is 5.32 Å². The van der Waals surface area contributed by atoms with E-state index < -0.39 is 6.04 Å². The molecule has 1 aromatic carbocycles. The van der Waals surface area contributed by atoms with Gasteiger partial charge in [-0.25, -0.2) is 0 Å². The van der Waals surface area contributed by atoms with Crippen molar-refractivity contribution in [3.05, 3.63) is 51.2 Å². The van der Waals surface area contributed by atoms with E-state index in [-0.39, 0.29) is 11.8 Å². The molecule has 0 fully saturated rings. The van der Waals surface area contributed by atoms with Crippen molar-refractivity contribution in [2.24, 2.45) is 0 Å².